The highest BCUT2D eigenvalue weighted by Gasteiger charge is 2.35. The minimum atomic E-state index is -1.86. The van der Waals surface area contributed by atoms with Gasteiger partial charge in [0.25, 0.3) is 0 Å². The number of benzene rings is 2. The number of nitrogens with zero attached hydrogens (tertiary/aromatic N) is 2. The van der Waals surface area contributed by atoms with Crippen LogP contribution >= 0.6 is 0 Å². The number of carbonyl (C=O) groups is 1. The molecule has 5 nitrogen and oxygen atoms in total. The molecule has 0 saturated heterocycles. The van der Waals surface area contributed by atoms with Crippen molar-refractivity contribution in [3.63, 3.8) is 0 Å². The third-order valence-electron chi connectivity index (χ3n) is 7.48. The summed E-state index contributed by atoms with van der Waals surface area (Å²) in [5.41, 5.74) is 5.36. The molecule has 5 rings (SSSR count). The van der Waals surface area contributed by atoms with Gasteiger partial charge < -0.3 is 10.4 Å². The van der Waals surface area contributed by atoms with Gasteiger partial charge in [-0.1, -0.05) is 13.1 Å². The Balaban J connectivity index is 1.53. The molecule has 3 aliphatic rings. The van der Waals surface area contributed by atoms with Crippen molar-refractivity contribution in [2.75, 3.05) is 25.0 Å². The third-order valence-corrected chi connectivity index (χ3v) is 11.0. The molecule has 2 aromatic rings. The van der Waals surface area contributed by atoms with Crippen molar-refractivity contribution in [1.29, 1.82) is 0 Å². The van der Waals surface area contributed by atoms with Crippen LogP contribution in [0.15, 0.2) is 29.3 Å². The second kappa shape index (κ2) is 8.47. The van der Waals surface area contributed by atoms with Crippen LogP contribution in [-0.4, -0.2) is 38.8 Å². The SMILES string of the molecule is C[Si]1(C)c2cc3c(cc2N=c2cc4c(cc21)=[N+](CCCCCC(=O)O)CCC4)CCCN3. The highest BCUT2D eigenvalue weighted by molar-refractivity contribution is 7.01. The zero-order valence-electron chi connectivity index (χ0n) is 19.3. The lowest BCUT2D eigenvalue weighted by Crippen LogP contribution is -2.62. The maximum atomic E-state index is 10.8. The van der Waals surface area contributed by atoms with E-state index in [4.69, 9.17) is 10.1 Å². The summed E-state index contributed by atoms with van der Waals surface area (Å²) >= 11 is 0. The van der Waals surface area contributed by atoms with Gasteiger partial charge in [-0.3, -0.25) is 4.79 Å². The van der Waals surface area contributed by atoms with Crippen molar-refractivity contribution in [3.05, 3.63) is 46.1 Å². The van der Waals surface area contributed by atoms with Crippen LogP contribution in [0.5, 0.6) is 0 Å². The Morgan fingerprint density at radius 3 is 2.75 bits per heavy atom. The van der Waals surface area contributed by atoms with Crippen LogP contribution in [-0.2, 0) is 17.6 Å². The average Bonchev–Trinajstić information content (AvgIpc) is 2.77. The first-order valence-electron chi connectivity index (χ1n) is 12.2. The van der Waals surface area contributed by atoms with E-state index in [-0.39, 0.29) is 6.42 Å². The van der Waals surface area contributed by atoms with Crippen molar-refractivity contribution in [2.24, 2.45) is 4.99 Å². The molecule has 0 atom stereocenters. The Morgan fingerprint density at radius 2 is 1.91 bits per heavy atom. The minimum Gasteiger partial charge on any atom is -0.481 e. The van der Waals surface area contributed by atoms with Crippen molar-refractivity contribution >= 4 is 35.8 Å². The molecule has 168 valence electrons. The molecule has 0 aromatic heterocycles. The second-order valence-corrected chi connectivity index (χ2v) is 14.4. The van der Waals surface area contributed by atoms with Crippen LogP contribution in [0.25, 0.3) is 0 Å². The van der Waals surface area contributed by atoms with Crippen LogP contribution in [0, 0.1) is 0 Å². The van der Waals surface area contributed by atoms with E-state index in [1.165, 1.54) is 56.4 Å². The van der Waals surface area contributed by atoms with Crippen molar-refractivity contribution in [1.82, 2.24) is 4.58 Å². The molecule has 0 amide bonds. The van der Waals surface area contributed by atoms with Gasteiger partial charge in [0.05, 0.1) is 11.0 Å². The van der Waals surface area contributed by atoms with Crippen molar-refractivity contribution < 1.29 is 9.90 Å². The van der Waals surface area contributed by atoms with Gasteiger partial charge in [-0.05, 0) is 66.2 Å². The lowest BCUT2D eigenvalue weighted by atomic mass is 10.0. The van der Waals surface area contributed by atoms with Gasteiger partial charge in [-0.15, -0.1) is 0 Å². The third kappa shape index (κ3) is 3.89. The zero-order valence-corrected chi connectivity index (χ0v) is 20.3. The number of fused-ring (bicyclic) bond motifs is 4. The first-order chi connectivity index (χ1) is 15.4. The summed E-state index contributed by atoms with van der Waals surface area (Å²) in [6, 6.07) is 9.59. The molecule has 6 heteroatoms. The number of unbranched alkanes of at least 4 members (excludes halogenated alkanes) is 2. The average molecular weight is 449 g/mol. The fourth-order valence-electron chi connectivity index (χ4n) is 5.65. The summed E-state index contributed by atoms with van der Waals surface area (Å²) in [5.74, 6) is -0.687. The number of carboxylic acids is 1. The number of carboxylic acid groups (broad SMARTS) is 1. The molecule has 0 unspecified atom stereocenters. The summed E-state index contributed by atoms with van der Waals surface area (Å²) in [6.45, 7) is 8.12. The van der Waals surface area contributed by atoms with Gasteiger partial charge in [-0.25, -0.2) is 9.57 Å². The zero-order chi connectivity index (χ0) is 22.3. The summed E-state index contributed by atoms with van der Waals surface area (Å²) in [6.07, 6.45) is 7.72. The largest absolute Gasteiger partial charge is 0.481 e. The summed E-state index contributed by atoms with van der Waals surface area (Å²) in [4.78, 5) is 16.0. The number of anilines is 1. The second-order valence-electron chi connectivity index (χ2n) is 10.1. The predicted octanol–water partition coefficient (Wildman–Crippen LogP) is 2.21. The van der Waals surface area contributed by atoms with E-state index in [0.717, 1.165) is 51.7 Å². The maximum absolute atomic E-state index is 10.8. The topological polar surface area (TPSA) is 64.7 Å². The highest BCUT2D eigenvalue weighted by atomic mass is 28.3. The molecule has 0 aliphatic carbocycles. The van der Waals surface area contributed by atoms with Gasteiger partial charge in [0, 0.05) is 43.1 Å². The molecule has 3 aliphatic heterocycles. The minimum absolute atomic E-state index is 0.281. The Hall–Kier alpha value is -2.47. The number of hydrogen-bond donors (Lipinski definition) is 2. The normalized spacial score (nSPS) is 17.9. The molecule has 2 N–H and O–H groups in total. The van der Waals surface area contributed by atoms with E-state index in [0.29, 0.717) is 0 Å². The number of aryl methyl sites for hydroxylation is 2. The standard InChI is InChI=1S/C26H33N3O2Si/c1-32(2)24-16-20-18(8-6-11-27-20)14-21(24)28-22-15-19-9-7-13-29(23(19)17-25(22)32)12-5-3-4-10-26(30)31/h14-17H,3-13H2,1-2H3,(H,30,31)/p+1. The first-order valence-corrected chi connectivity index (χ1v) is 15.2. The fraction of sp³-hybridized carbons (Fsp3) is 0.500. The molecule has 32 heavy (non-hydrogen) atoms. The van der Waals surface area contributed by atoms with Gasteiger partial charge in [-0.2, -0.15) is 0 Å². The quantitative estimate of drug-likeness (QED) is 0.405. The first kappa shape index (κ1) is 21.4. The Kier molecular flexibility index (Phi) is 5.66. The molecular weight excluding hydrogens is 414 g/mol. The van der Waals surface area contributed by atoms with Gasteiger partial charge in [0.2, 0.25) is 5.36 Å². The Morgan fingerprint density at radius 1 is 1.06 bits per heavy atom. The molecule has 0 saturated carbocycles. The lowest BCUT2D eigenvalue weighted by Gasteiger charge is -2.31. The predicted molar refractivity (Wildman–Crippen MR) is 132 cm³/mol. The number of rotatable bonds is 6. The fourth-order valence-corrected chi connectivity index (χ4v) is 8.48. The van der Waals surface area contributed by atoms with E-state index in [9.17, 15) is 4.79 Å². The maximum Gasteiger partial charge on any atom is 0.303 e. The summed E-state index contributed by atoms with van der Waals surface area (Å²) < 4.78 is 2.54. The summed E-state index contributed by atoms with van der Waals surface area (Å²) in [7, 11) is -1.86. The molecule has 0 radical (unpaired) electrons. The van der Waals surface area contributed by atoms with Crippen LogP contribution in [0.3, 0.4) is 0 Å². The van der Waals surface area contributed by atoms with Gasteiger partial charge in [0.15, 0.2) is 0 Å². The van der Waals surface area contributed by atoms with Crippen molar-refractivity contribution in [2.45, 2.75) is 64.5 Å². The monoisotopic (exact) mass is 448 g/mol. The van der Waals surface area contributed by atoms with E-state index >= 15 is 0 Å². The van der Waals surface area contributed by atoms with E-state index in [1.807, 2.05) is 0 Å². The van der Waals surface area contributed by atoms with Crippen LogP contribution in [0.2, 0.25) is 13.1 Å². The van der Waals surface area contributed by atoms with Crippen LogP contribution in [0.1, 0.15) is 49.7 Å². The number of aliphatic carboxylic acids is 1. The van der Waals surface area contributed by atoms with Crippen LogP contribution in [0.4, 0.5) is 11.4 Å². The van der Waals surface area contributed by atoms with Gasteiger partial charge in [0.1, 0.15) is 21.2 Å². The smallest absolute Gasteiger partial charge is 0.303 e. The molecule has 0 bridgehead atoms. The van der Waals surface area contributed by atoms with Gasteiger partial charge >= 0.3 is 5.97 Å². The van der Waals surface area contributed by atoms with E-state index in [2.05, 4.69) is 47.3 Å². The molecule has 0 spiro atoms. The molecule has 3 heterocycles. The molecular formula is C26H34N3O2Si+. The molecule has 2 aromatic carbocycles. The highest BCUT2D eigenvalue weighted by Crippen LogP contribution is 2.28. The lowest BCUT2D eigenvalue weighted by molar-refractivity contribution is -0.137. The number of nitrogens with one attached hydrogen (secondary N) is 1. The van der Waals surface area contributed by atoms with E-state index < -0.39 is 14.0 Å². The van der Waals surface area contributed by atoms with Crippen molar-refractivity contribution in [3.8, 4) is 0 Å². The Bertz CT molecular complexity index is 1200. The van der Waals surface area contributed by atoms with Crippen LogP contribution < -0.4 is 31.0 Å². The summed E-state index contributed by atoms with van der Waals surface area (Å²) in [5, 5.41) is 18.0. The number of hydrogen-bond acceptors (Lipinski definition) is 3. The Labute approximate surface area is 190 Å². The van der Waals surface area contributed by atoms with E-state index in [1.54, 1.807) is 0 Å². The molecule has 0 fully saturated rings.